The molecule has 8 aliphatic rings. The molecule has 36 nitrogen and oxygen atoms in total. The Morgan fingerprint density at radius 3 is 1.87 bits per heavy atom. The Bertz CT molecular complexity index is 4540. The van der Waals surface area contributed by atoms with E-state index in [4.69, 9.17) is 66.7 Å². The minimum Gasteiger partial charge on any atom is -0.508 e. The topological polar surface area (TPSA) is 567 Å². The normalized spacial score (nSPS) is 30.5. The van der Waals surface area contributed by atoms with Gasteiger partial charge in [0.05, 0.1) is 48.5 Å². The number of halogens is 1. The second-order valence-corrected chi connectivity index (χ2v) is 33.0. The van der Waals surface area contributed by atoms with E-state index in [0.29, 0.717) is 12.8 Å². The lowest BCUT2D eigenvalue weighted by atomic mass is 9.86. The molecule has 120 heavy (non-hydrogen) atoms. The van der Waals surface area contributed by atoms with E-state index in [1.165, 1.54) is 77.2 Å². The Hall–Kier alpha value is -9.61. The van der Waals surface area contributed by atoms with Crippen molar-refractivity contribution in [3.63, 3.8) is 0 Å². The molecule has 5 aromatic carbocycles. The Kier molecular flexibility index (Phi) is 29.7. The van der Waals surface area contributed by atoms with Crippen LogP contribution in [0.1, 0.15) is 184 Å². The molecule has 23 N–H and O–H groups in total. The lowest BCUT2D eigenvalue weighted by molar-refractivity contribution is -0.333. The molecule has 0 unspecified atom stereocenters. The van der Waals surface area contributed by atoms with Gasteiger partial charge in [0.25, 0.3) is 0 Å². The highest BCUT2D eigenvalue weighted by Gasteiger charge is 2.52. The fraction of sp³-hybridized carbons (Fsp3) is 0.542. The lowest BCUT2D eigenvalue weighted by Gasteiger charge is -2.47. The Morgan fingerprint density at radius 2 is 1.25 bits per heavy atom. The van der Waals surface area contributed by atoms with Gasteiger partial charge in [0.15, 0.2) is 30.2 Å². The number of likely N-dealkylation sites (N-methyl/N-ethyl adjacent to an activating group) is 1. The minimum atomic E-state index is -2.33. The number of nitrogens with two attached hydrogens (primary N) is 3. The molecular weight excluding hydrogens is 1590 g/mol. The highest BCUT2D eigenvalue weighted by Crippen LogP contribution is 2.50. The summed E-state index contributed by atoms with van der Waals surface area (Å²) < 4.78 is 52.3. The number of primary amides is 1. The van der Waals surface area contributed by atoms with Crippen molar-refractivity contribution in [1.29, 1.82) is 0 Å². The Labute approximate surface area is 697 Å². The molecule has 0 aliphatic carbocycles. The summed E-state index contributed by atoms with van der Waals surface area (Å²) in [7, 11) is 1.49. The van der Waals surface area contributed by atoms with Crippen molar-refractivity contribution in [2.75, 3.05) is 20.2 Å². The van der Waals surface area contributed by atoms with E-state index in [0.717, 1.165) is 81.0 Å². The van der Waals surface area contributed by atoms with E-state index in [-0.39, 0.29) is 81.6 Å². The summed E-state index contributed by atoms with van der Waals surface area (Å²) in [6.07, 6.45) is -14.9. The van der Waals surface area contributed by atoms with Crippen LogP contribution < -0.4 is 73.9 Å². The van der Waals surface area contributed by atoms with Crippen LogP contribution >= 0.6 is 11.6 Å². The van der Waals surface area contributed by atoms with E-state index in [1.807, 2.05) is 13.8 Å². The summed E-state index contributed by atoms with van der Waals surface area (Å²) in [6.45, 7) is 11.0. The van der Waals surface area contributed by atoms with E-state index in [9.17, 15) is 55.5 Å². The molecule has 654 valence electrons. The summed E-state index contributed by atoms with van der Waals surface area (Å²) in [4.78, 5) is 123. The predicted octanol–water partition coefficient (Wildman–Crippen LogP) is 2.86. The standard InChI is InChI=1S/C83H110ClN11O25/c1-9-10-11-12-13-14-15-16-25-89-76(108)63-47-31-44(97)32-52(99)60(47)46-27-41(19-23-51(46)98)61-77(109)95-65(80(112)93-63)69(118-58-34-82(6,86)72(104)38(4)113-58)40-17-21-45(22-18-40)115-54-29-43-30-55(70(54)120-81-71(68(103)67(102)56(36-96)117-81)119-59-35-83(7,87)73(105)39(5)114-59)116-53-24-20-42(28-48(53)84)66(101)64(94-74(106)49(88-8)26-37(2)3)79(111)90-50(33-57(85)100)75(107)91-62(43)78(110)92-61/h17-24,27-32,37-39,49-50,56,58-59,61-69,71-73,81,88,96-99,101-105H,9-16,25-26,33-36,86-87H2,1-8H3,(H2,85,100)(H,89,108)(H,90,111)(H,91,107)(H,92,110)(H,93,112)(H,94,106)(H,95,109)/t38-,39-,49+,50-,56+,58-,59-,61+,62+,63-,64+,65-,66+,67+,68-,69+,71+,72-,73-,81-,82-,83-/m0/s1. The van der Waals surface area contributed by atoms with Crippen molar-refractivity contribution in [3.05, 3.63) is 118 Å². The first kappa shape index (κ1) is 91.1. The first-order valence-corrected chi connectivity index (χ1v) is 40.7. The van der Waals surface area contributed by atoms with Crippen molar-refractivity contribution in [2.24, 2.45) is 23.1 Å². The molecule has 37 heteroatoms. The SMILES string of the molecule is CCCCCCCCCCNC(=O)[C@H]1NC(=O)[C@H]2NC(=O)[C@H](NC(=O)[C@@H]3NC(=O)[C@H](CC(N)=O)NC(=O)[C@H](NC(=O)[C@@H](CC(C)C)NC)[C@H](O)c4ccc(c(Cl)c4)Oc4cc3cc(c4O[C@@H]3O[C@H](CO)[C@@H](O)[C@H](O)[C@H]3O[C@H]3C[C@](C)(N)[C@@H](O)[C@H](C)O3)Oc3ccc(cc3)[C@H]2O[C@H]2C[C@](C)(N)[C@@H](O)[C@H](C)O2)c2ccc(O)c(c2)-c2c(O)cc(O)cc21. The number of carbonyl (C=O) groups is 8. The third kappa shape index (κ3) is 21.1. The number of rotatable bonds is 24. The van der Waals surface area contributed by atoms with E-state index in [2.05, 4.69) is 49.5 Å². The van der Waals surface area contributed by atoms with Gasteiger partial charge in [0, 0.05) is 47.7 Å². The van der Waals surface area contributed by atoms with Gasteiger partial charge in [-0.2, -0.15) is 0 Å². The average molecular weight is 1700 g/mol. The fourth-order valence-corrected chi connectivity index (χ4v) is 16.0. The summed E-state index contributed by atoms with van der Waals surface area (Å²) in [5.41, 5.74) is 14.5. The number of aromatic hydroxyl groups is 3. The van der Waals surface area contributed by atoms with E-state index >= 15 is 28.8 Å². The van der Waals surface area contributed by atoms with Gasteiger partial charge in [-0.05, 0) is 136 Å². The van der Waals surface area contributed by atoms with Gasteiger partial charge >= 0.3 is 0 Å². The molecule has 3 fully saturated rings. The summed E-state index contributed by atoms with van der Waals surface area (Å²) in [5.74, 6) is -13.8. The van der Waals surface area contributed by atoms with Crippen molar-refractivity contribution in [3.8, 4) is 57.1 Å². The number of aliphatic hydroxyl groups excluding tert-OH is 6. The number of carbonyl (C=O) groups excluding carboxylic acids is 8. The molecule has 8 heterocycles. The zero-order valence-electron chi connectivity index (χ0n) is 67.8. The van der Waals surface area contributed by atoms with Crippen LogP contribution in [-0.4, -0.2) is 216 Å². The van der Waals surface area contributed by atoms with Gasteiger partial charge < -0.3 is 144 Å². The molecule has 0 aromatic heterocycles. The Morgan fingerprint density at radius 1 is 0.650 bits per heavy atom. The molecule has 5 aromatic rings. The maximum absolute atomic E-state index is 16.6. The number of hydrogen-bond donors (Lipinski definition) is 20. The smallest absolute Gasteiger partial charge is 0.248 e. The number of fused-ring (bicyclic) bond motifs is 15. The van der Waals surface area contributed by atoms with Gasteiger partial charge in [-0.25, -0.2) is 0 Å². The van der Waals surface area contributed by atoms with Crippen molar-refractivity contribution < 1.29 is 122 Å². The first-order valence-electron chi connectivity index (χ1n) is 40.3. The first-order chi connectivity index (χ1) is 56.9. The summed E-state index contributed by atoms with van der Waals surface area (Å²) in [6, 6.07) is 2.95. The molecule has 22 atom stereocenters. The highest BCUT2D eigenvalue weighted by atomic mass is 35.5. The quantitative estimate of drug-likeness (QED) is 0.0395. The van der Waals surface area contributed by atoms with Gasteiger partial charge in [-0.3, -0.25) is 38.4 Å². The number of hydrogen-bond acceptors (Lipinski definition) is 28. The number of phenols is 3. The van der Waals surface area contributed by atoms with Crippen molar-refractivity contribution >= 4 is 58.9 Å². The minimum absolute atomic E-state index is 0.0218. The van der Waals surface area contributed by atoms with Crippen LogP contribution in [0.15, 0.2) is 84.9 Å². The van der Waals surface area contributed by atoms with Gasteiger partial charge in [-0.15, -0.1) is 0 Å². The van der Waals surface area contributed by atoms with Crippen molar-refractivity contribution in [1.82, 2.24) is 42.5 Å². The molecule has 11 bridgehead atoms. The molecule has 13 rings (SSSR count). The third-order valence-electron chi connectivity index (χ3n) is 22.4. The average Bonchev–Trinajstić information content (AvgIpc) is 0.766. The number of phenolic OH excluding ortho intramolecular Hbond substituents is 3. The molecule has 0 spiro atoms. The van der Waals surface area contributed by atoms with Crippen LogP contribution in [0.25, 0.3) is 11.1 Å². The van der Waals surface area contributed by atoms with Crippen LogP contribution in [0.3, 0.4) is 0 Å². The maximum atomic E-state index is 16.6. The molecule has 8 amide bonds. The van der Waals surface area contributed by atoms with Crippen LogP contribution in [0.2, 0.25) is 5.02 Å². The second kappa shape index (κ2) is 39.1. The van der Waals surface area contributed by atoms with Crippen LogP contribution in [-0.2, 0) is 62.0 Å². The number of nitrogens with one attached hydrogen (secondary N) is 8. The summed E-state index contributed by atoms with van der Waals surface area (Å²) >= 11 is 7.19. The van der Waals surface area contributed by atoms with E-state index in [1.54, 1.807) is 0 Å². The maximum Gasteiger partial charge on any atom is 0.248 e. The number of aliphatic hydroxyl groups is 6. The fourth-order valence-electron chi connectivity index (χ4n) is 15.8. The monoisotopic (exact) mass is 1700 g/mol. The predicted molar refractivity (Wildman–Crippen MR) is 429 cm³/mol. The van der Waals surface area contributed by atoms with Crippen LogP contribution in [0, 0.1) is 5.92 Å². The van der Waals surface area contributed by atoms with E-state index < -0.39 is 234 Å². The number of ether oxygens (including phenoxy) is 8. The molecular formula is C83H110ClN11O25. The number of unbranched alkanes of at least 4 members (excludes halogenated alkanes) is 7. The largest absolute Gasteiger partial charge is 0.508 e. The highest BCUT2D eigenvalue weighted by molar-refractivity contribution is 6.32. The van der Waals surface area contributed by atoms with Crippen LogP contribution in [0.4, 0.5) is 0 Å². The third-order valence-corrected chi connectivity index (χ3v) is 22.7. The molecule has 0 radical (unpaired) electrons. The number of benzene rings is 5. The van der Waals surface area contributed by atoms with Gasteiger partial charge in [0.2, 0.25) is 59.3 Å². The molecule has 3 saturated heterocycles. The molecule has 0 saturated carbocycles. The van der Waals surface area contributed by atoms with Gasteiger partial charge in [-0.1, -0.05) is 102 Å². The zero-order chi connectivity index (χ0) is 87.1. The lowest BCUT2D eigenvalue weighted by Crippen LogP contribution is -2.64. The molecule has 8 aliphatic heterocycles. The van der Waals surface area contributed by atoms with Gasteiger partial charge in [0.1, 0.15) is 95.5 Å². The Balaban J connectivity index is 1.16. The summed E-state index contributed by atoms with van der Waals surface area (Å²) in [5, 5.41) is 126. The van der Waals surface area contributed by atoms with Crippen molar-refractivity contribution in [2.45, 2.75) is 259 Å². The zero-order valence-corrected chi connectivity index (χ0v) is 68.5. The second-order valence-electron chi connectivity index (χ2n) is 32.6. The van der Waals surface area contributed by atoms with Crippen LogP contribution in [0.5, 0.6) is 46.0 Å². The number of amides is 8.